The van der Waals surface area contributed by atoms with Crippen LogP contribution in [0.25, 0.3) is 0 Å². The average Bonchev–Trinajstić information content (AvgIpc) is 2.80. The van der Waals surface area contributed by atoms with Crippen LogP contribution >= 0.6 is 0 Å². The van der Waals surface area contributed by atoms with Gasteiger partial charge < -0.3 is 15.4 Å². The zero-order chi connectivity index (χ0) is 22.1. The fourth-order valence-electron chi connectivity index (χ4n) is 3.39. The summed E-state index contributed by atoms with van der Waals surface area (Å²) in [4.78, 5) is 37.0. The second-order valence-electron chi connectivity index (χ2n) is 7.28. The van der Waals surface area contributed by atoms with Crippen molar-refractivity contribution < 1.29 is 19.1 Å². The summed E-state index contributed by atoms with van der Waals surface area (Å²) in [7, 11) is 1.57. The summed E-state index contributed by atoms with van der Waals surface area (Å²) in [5.41, 5.74) is 3.50. The van der Waals surface area contributed by atoms with Crippen molar-refractivity contribution in [2.75, 3.05) is 12.4 Å². The molecule has 0 heterocycles. The first-order valence-electron chi connectivity index (χ1n) is 10.2. The molecule has 2 aromatic carbocycles. The molecule has 0 unspecified atom stereocenters. The zero-order valence-corrected chi connectivity index (χ0v) is 17.4. The van der Waals surface area contributed by atoms with Gasteiger partial charge >= 0.3 is 11.8 Å². The first-order valence-corrected chi connectivity index (χ1v) is 10.2. The summed E-state index contributed by atoms with van der Waals surface area (Å²) in [6.45, 7) is 0. The summed E-state index contributed by atoms with van der Waals surface area (Å²) >= 11 is 0. The normalized spacial score (nSPS) is 14.1. The topological polar surface area (TPSA) is 109 Å². The lowest BCUT2D eigenvalue weighted by Gasteiger charge is -2.23. The fourth-order valence-corrected chi connectivity index (χ4v) is 3.39. The number of nitrogens with one attached hydrogen (secondary N) is 3. The molecule has 1 saturated carbocycles. The Labute approximate surface area is 181 Å². The van der Waals surface area contributed by atoms with E-state index in [0.717, 1.165) is 31.2 Å². The monoisotopic (exact) mass is 422 g/mol. The van der Waals surface area contributed by atoms with Crippen molar-refractivity contribution in [3.05, 3.63) is 59.7 Å². The van der Waals surface area contributed by atoms with E-state index in [0.29, 0.717) is 11.3 Å². The van der Waals surface area contributed by atoms with E-state index in [2.05, 4.69) is 21.2 Å². The maximum Gasteiger partial charge on any atom is 0.329 e. The predicted octanol–water partition coefficient (Wildman–Crippen LogP) is 2.85. The van der Waals surface area contributed by atoms with Gasteiger partial charge in [-0.15, -0.1) is 0 Å². The molecule has 162 valence electrons. The highest BCUT2D eigenvalue weighted by atomic mass is 16.5. The molecule has 0 atom stereocenters. The summed E-state index contributed by atoms with van der Waals surface area (Å²) in [5.74, 6) is -1.41. The Morgan fingerprint density at radius 2 is 1.68 bits per heavy atom. The summed E-state index contributed by atoms with van der Waals surface area (Å²) in [5, 5.41) is 9.29. The van der Waals surface area contributed by atoms with E-state index in [1.165, 1.54) is 12.6 Å². The predicted molar refractivity (Wildman–Crippen MR) is 118 cm³/mol. The van der Waals surface area contributed by atoms with Crippen LogP contribution in [0.5, 0.6) is 5.75 Å². The molecule has 2 aromatic rings. The lowest BCUT2D eigenvalue weighted by Crippen LogP contribution is -2.37. The molecule has 0 saturated heterocycles. The quantitative estimate of drug-likeness (QED) is 0.378. The third-order valence-electron chi connectivity index (χ3n) is 5.06. The standard InChI is InChI=1S/C23H26N4O4/c1-31-18-13-11-16(12-14-18)15-24-27-23(30)22(29)26-20-10-6-5-9-19(20)21(28)25-17-7-3-2-4-8-17/h5-6,9-15,17H,2-4,7-8H2,1H3,(H,25,28)(H,26,29)(H,27,30)/b24-15+. The van der Waals surface area contributed by atoms with Crippen LogP contribution in [0.4, 0.5) is 5.69 Å². The fraction of sp³-hybridized carbons (Fsp3) is 0.304. The van der Waals surface area contributed by atoms with Crippen molar-refractivity contribution in [1.82, 2.24) is 10.7 Å². The number of methoxy groups -OCH3 is 1. The van der Waals surface area contributed by atoms with Gasteiger partial charge in [0.25, 0.3) is 5.91 Å². The molecule has 1 aliphatic carbocycles. The van der Waals surface area contributed by atoms with Gasteiger partial charge in [-0.05, 0) is 54.8 Å². The van der Waals surface area contributed by atoms with Crippen LogP contribution in [0, 0.1) is 0 Å². The van der Waals surface area contributed by atoms with Gasteiger partial charge in [0, 0.05) is 6.04 Å². The summed E-state index contributed by atoms with van der Waals surface area (Å²) in [6.07, 6.45) is 6.70. The van der Waals surface area contributed by atoms with Crippen LogP contribution in [0.15, 0.2) is 53.6 Å². The van der Waals surface area contributed by atoms with Crippen molar-refractivity contribution in [1.29, 1.82) is 0 Å². The average molecular weight is 422 g/mol. The number of carbonyl (C=O) groups is 3. The Bertz CT molecular complexity index is 950. The molecule has 0 radical (unpaired) electrons. The van der Waals surface area contributed by atoms with Gasteiger partial charge in [0.2, 0.25) is 0 Å². The zero-order valence-electron chi connectivity index (χ0n) is 17.4. The highest BCUT2D eigenvalue weighted by Gasteiger charge is 2.20. The van der Waals surface area contributed by atoms with Crippen LogP contribution in [-0.4, -0.2) is 37.1 Å². The molecule has 8 nitrogen and oxygen atoms in total. The molecule has 31 heavy (non-hydrogen) atoms. The number of carbonyl (C=O) groups excluding carboxylic acids is 3. The number of ether oxygens (including phenoxy) is 1. The number of para-hydroxylation sites is 1. The Morgan fingerprint density at radius 1 is 0.968 bits per heavy atom. The first-order chi connectivity index (χ1) is 15.1. The maximum atomic E-state index is 12.7. The molecule has 0 aliphatic heterocycles. The van der Waals surface area contributed by atoms with Gasteiger partial charge in [0.15, 0.2) is 0 Å². The number of anilines is 1. The summed E-state index contributed by atoms with van der Waals surface area (Å²) in [6, 6.07) is 13.8. The minimum absolute atomic E-state index is 0.139. The lowest BCUT2D eigenvalue weighted by atomic mass is 9.95. The van der Waals surface area contributed by atoms with Gasteiger partial charge in [-0.1, -0.05) is 31.4 Å². The third-order valence-corrected chi connectivity index (χ3v) is 5.06. The molecular formula is C23H26N4O4. The molecule has 3 amide bonds. The second-order valence-corrected chi connectivity index (χ2v) is 7.28. The van der Waals surface area contributed by atoms with Crippen LogP contribution in [0.2, 0.25) is 0 Å². The Balaban J connectivity index is 1.57. The van der Waals surface area contributed by atoms with E-state index in [9.17, 15) is 14.4 Å². The number of nitrogens with zero attached hydrogens (tertiary/aromatic N) is 1. The molecule has 0 aromatic heterocycles. The molecular weight excluding hydrogens is 396 g/mol. The molecule has 3 N–H and O–H groups in total. The number of hydrogen-bond donors (Lipinski definition) is 3. The molecule has 0 bridgehead atoms. The smallest absolute Gasteiger partial charge is 0.329 e. The number of hydrogen-bond acceptors (Lipinski definition) is 5. The minimum Gasteiger partial charge on any atom is -0.497 e. The van der Waals surface area contributed by atoms with E-state index in [4.69, 9.17) is 4.74 Å². The summed E-state index contributed by atoms with van der Waals surface area (Å²) < 4.78 is 5.07. The van der Waals surface area contributed by atoms with E-state index < -0.39 is 11.8 Å². The largest absolute Gasteiger partial charge is 0.497 e. The molecule has 0 spiro atoms. The van der Waals surface area contributed by atoms with Crippen molar-refractivity contribution in [3.8, 4) is 5.75 Å². The minimum atomic E-state index is -0.938. The van der Waals surface area contributed by atoms with Crippen molar-refractivity contribution in [3.63, 3.8) is 0 Å². The Kier molecular flexibility index (Phi) is 7.75. The number of hydrazone groups is 1. The lowest BCUT2D eigenvalue weighted by molar-refractivity contribution is -0.136. The van der Waals surface area contributed by atoms with Crippen molar-refractivity contribution >= 4 is 29.6 Å². The number of rotatable bonds is 6. The third kappa shape index (κ3) is 6.40. The van der Waals surface area contributed by atoms with Crippen LogP contribution in [0.3, 0.4) is 0 Å². The second kappa shape index (κ2) is 10.9. The molecule has 3 rings (SSSR count). The van der Waals surface area contributed by atoms with Crippen LogP contribution in [-0.2, 0) is 9.59 Å². The highest BCUT2D eigenvalue weighted by Crippen LogP contribution is 2.20. The van der Waals surface area contributed by atoms with E-state index >= 15 is 0 Å². The van der Waals surface area contributed by atoms with E-state index in [1.807, 2.05) is 0 Å². The maximum absolute atomic E-state index is 12.7. The SMILES string of the molecule is COc1ccc(/C=N/NC(=O)C(=O)Nc2ccccc2C(=O)NC2CCCCC2)cc1. The van der Waals surface area contributed by atoms with Crippen LogP contribution in [0.1, 0.15) is 48.0 Å². The van der Waals surface area contributed by atoms with E-state index in [-0.39, 0.29) is 17.6 Å². The van der Waals surface area contributed by atoms with Crippen LogP contribution < -0.4 is 20.8 Å². The van der Waals surface area contributed by atoms with Gasteiger partial charge in [-0.25, -0.2) is 5.43 Å². The Hall–Kier alpha value is -3.68. The van der Waals surface area contributed by atoms with Gasteiger partial charge in [-0.3, -0.25) is 14.4 Å². The molecule has 1 aliphatic rings. The first kappa shape index (κ1) is 22.0. The Morgan fingerprint density at radius 3 is 2.39 bits per heavy atom. The molecule has 1 fully saturated rings. The van der Waals surface area contributed by atoms with E-state index in [1.54, 1.807) is 55.6 Å². The van der Waals surface area contributed by atoms with Crippen molar-refractivity contribution in [2.24, 2.45) is 5.10 Å². The highest BCUT2D eigenvalue weighted by molar-refractivity contribution is 6.40. The van der Waals surface area contributed by atoms with Gasteiger partial charge in [0.1, 0.15) is 5.75 Å². The molecule has 8 heteroatoms. The number of amides is 3. The van der Waals surface area contributed by atoms with Gasteiger partial charge in [0.05, 0.1) is 24.6 Å². The van der Waals surface area contributed by atoms with Gasteiger partial charge in [-0.2, -0.15) is 5.10 Å². The van der Waals surface area contributed by atoms with Crippen molar-refractivity contribution in [2.45, 2.75) is 38.1 Å². The number of benzene rings is 2.